The first-order valence-corrected chi connectivity index (χ1v) is 4.87. The van der Waals surface area contributed by atoms with E-state index in [1.807, 2.05) is 13.0 Å². The maximum atomic E-state index is 11.8. The van der Waals surface area contributed by atoms with Gasteiger partial charge in [-0.25, -0.2) is 9.48 Å². The number of hydrogen-bond acceptors (Lipinski definition) is 3. The number of aliphatic hydroxyl groups excluding tert-OH is 1. The molecule has 0 radical (unpaired) electrons. The topological polar surface area (TPSA) is 59.5 Å². The molecule has 0 saturated carbocycles. The summed E-state index contributed by atoms with van der Waals surface area (Å²) in [7, 11) is 0. The van der Waals surface area contributed by atoms with Gasteiger partial charge in [0.1, 0.15) is 0 Å². The van der Waals surface area contributed by atoms with Gasteiger partial charge in [0.05, 0.1) is 6.54 Å². The molecule has 0 fully saturated rings. The molecule has 1 unspecified atom stereocenters. The maximum absolute atomic E-state index is 11.8. The van der Waals surface area contributed by atoms with Crippen LogP contribution in [0.15, 0.2) is 29.2 Å². The number of fused-ring (bicyclic) bond motifs is 1. The second kappa shape index (κ2) is 3.86. The van der Waals surface area contributed by atoms with E-state index in [1.54, 1.807) is 18.3 Å². The summed E-state index contributed by atoms with van der Waals surface area (Å²) in [5.41, 5.74) is 0.471. The van der Waals surface area contributed by atoms with E-state index in [4.69, 9.17) is 5.11 Å². The SMILES string of the molecule is CC(CO)Cn1nc2ccccn2c1=O. The van der Waals surface area contributed by atoms with Gasteiger partial charge in [-0.3, -0.25) is 4.40 Å². The quantitative estimate of drug-likeness (QED) is 0.778. The Morgan fingerprint density at radius 3 is 3.00 bits per heavy atom. The summed E-state index contributed by atoms with van der Waals surface area (Å²) in [6, 6.07) is 5.40. The van der Waals surface area contributed by atoms with Crippen LogP contribution in [-0.4, -0.2) is 25.9 Å². The third kappa shape index (κ3) is 1.78. The second-order valence-corrected chi connectivity index (χ2v) is 3.68. The fourth-order valence-corrected chi connectivity index (χ4v) is 1.44. The molecule has 15 heavy (non-hydrogen) atoms. The molecule has 0 spiro atoms. The largest absolute Gasteiger partial charge is 0.396 e. The monoisotopic (exact) mass is 207 g/mol. The van der Waals surface area contributed by atoms with Crippen molar-refractivity contribution >= 4 is 5.65 Å². The molecular weight excluding hydrogens is 194 g/mol. The first-order valence-electron chi connectivity index (χ1n) is 4.87. The Kier molecular flexibility index (Phi) is 2.55. The Labute approximate surface area is 86.6 Å². The van der Waals surface area contributed by atoms with Crippen molar-refractivity contribution in [2.75, 3.05) is 6.61 Å². The number of aliphatic hydroxyl groups is 1. The van der Waals surface area contributed by atoms with E-state index < -0.39 is 0 Å². The number of rotatable bonds is 3. The molecule has 0 saturated heterocycles. The average molecular weight is 207 g/mol. The summed E-state index contributed by atoms with van der Waals surface area (Å²) >= 11 is 0. The lowest BCUT2D eigenvalue weighted by molar-refractivity contribution is 0.218. The van der Waals surface area contributed by atoms with Crippen molar-refractivity contribution in [2.24, 2.45) is 5.92 Å². The molecule has 2 heterocycles. The molecule has 0 aliphatic heterocycles. The van der Waals surface area contributed by atoms with E-state index in [-0.39, 0.29) is 18.2 Å². The van der Waals surface area contributed by atoms with Crippen molar-refractivity contribution in [3.8, 4) is 0 Å². The predicted octanol–water partition coefficient (Wildman–Crippen LogP) is 0.124. The summed E-state index contributed by atoms with van der Waals surface area (Å²) in [6.45, 7) is 2.37. The summed E-state index contributed by atoms with van der Waals surface area (Å²) in [5, 5.41) is 13.1. The minimum atomic E-state index is -0.161. The van der Waals surface area contributed by atoms with Crippen molar-refractivity contribution in [3.05, 3.63) is 34.9 Å². The molecule has 0 amide bonds. The molecule has 80 valence electrons. The molecule has 5 heteroatoms. The molecular formula is C10H13N3O2. The summed E-state index contributed by atoms with van der Waals surface area (Å²) in [6.07, 6.45) is 1.69. The van der Waals surface area contributed by atoms with Gasteiger partial charge >= 0.3 is 5.69 Å². The first-order chi connectivity index (χ1) is 7.22. The highest BCUT2D eigenvalue weighted by Crippen LogP contribution is 1.99. The van der Waals surface area contributed by atoms with E-state index in [0.29, 0.717) is 12.2 Å². The molecule has 2 rings (SSSR count). The fourth-order valence-electron chi connectivity index (χ4n) is 1.44. The lowest BCUT2D eigenvalue weighted by Crippen LogP contribution is -2.25. The van der Waals surface area contributed by atoms with Crippen LogP contribution in [0.3, 0.4) is 0 Å². The van der Waals surface area contributed by atoms with Gasteiger partial charge in [0.25, 0.3) is 0 Å². The van der Waals surface area contributed by atoms with Crippen LogP contribution in [-0.2, 0) is 6.54 Å². The minimum absolute atomic E-state index is 0.0348. The number of pyridine rings is 1. The van der Waals surface area contributed by atoms with Crippen LogP contribution in [0.4, 0.5) is 0 Å². The number of hydrogen-bond donors (Lipinski definition) is 1. The van der Waals surface area contributed by atoms with Crippen LogP contribution in [0.25, 0.3) is 5.65 Å². The normalized spacial score (nSPS) is 13.2. The number of nitrogens with zero attached hydrogens (tertiary/aromatic N) is 3. The highest BCUT2D eigenvalue weighted by atomic mass is 16.3. The molecule has 2 aromatic rings. The van der Waals surface area contributed by atoms with Gasteiger partial charge in [0.15, 0.2) is 5.65 Å². The summed E-state index contributed by atoms with van der Waals surface area (Å²) < 4.78 is 2.88. The van der Waals surface area contributed by atoms with Crippen LogP contribution in [0.5, 0.6) is 0 Å². The van der Waals surface area contributed by atoms with Gasteiger partial charge in [-0.05, 0) is 18.1 Å². The van der Waals surface area contributed by atoms with Gasteiger partial charge in [0, 0.05) is 12.8 Å². The summed E-state index contributed by atoms with van der Waals surface area (Å²) in [5.74, 6) is 0.0348. The van der Waals surface area contributed by atoms with Gasteiger partial charge in [-0.1, -0.05) is 13.0 Å². The van der Waals surface area contributed by atoms with E-state index in [9.17, 15) is 4.79 Å². The standard InChI is InChI=1S/C10H13N3O2/c1-8(7-14)6-13-10(15)12-5-3-2-4-9(12)11-13/h2-5,8,14H,6-7H2,1H3. The van der Waals surface area contributed by atoms with E-state index >= 15 is 0 Å². The van der Waals surface area contributed by atoms with Gasteiger partial charge in [-0.2, -0.15) is 0 Å². The van der Waals surface area contributed by atoms with Crippen molar-refractivity contribution in [2.45, 2.75) is 13.5 Å². The van der Waals surface area contributed by atoms with Gasteiger partial charge < -0.3 is 5.11 Å². The third-order valence-electron chi connectivity index (χ3n) is 2.28. The average Bonchev–Trinajstić information content (AvgIpc) is 2.57. The highest BCUT2D eigenvalue weighted by Gasteiger charge is 2.08. The zero-order valence-corrected chi connectivity index (χ0v) is 8.50. The Bertz CT molecular complexity index is 515. The predicted molar refractivity (Wildman–Crippen MR) is 55.7 cm³/mol. The van der Waals surface area contributed by atoms with Crippen molar-refractivity contribution in [1.82, 2.24) is 14.2 Å². The third-order valence-corrected chi connectivity index (χ3v) is 2.28. The lowest BCUT2D eigenvalue weighted by atomic mass is 10.2. The maximum Gasteiger partial charge on any atom is 0.350 e. The smallest absolute Gasteiger partial charge is 0.350 e. The number of aromatic nitrogens is 3. The van der Waals surface area contributed by atoms with Crippen LogP contribution in [0, 0.1) is 5.92 Å². The molecule has 0 aromatic carbocycles. The van der Waals surface area contributed by atoms with Crippen LogP contribution < -0.4 is 5.69 Å². The van der Waals surface area contributed by atoms with Crippen molar-refractivity contribution in [1.29, 1.82) is 0 Å². The van der Waals surface area contributed by atoms with Crippen LogP contribution >= 0.6 is 0 Å². The Morgan fingerprint density at radius 2 is 2.33 bits per heavy atom. The fraction of sp³-hybridized carbons (Fsp3) is 0.400. The van der Waals surface area contributed by atoms with Gasteiger partial charge in [0.2, 0.25) is 0 Å². The molecule has 0 bridgehead atoms. The van der Waals surface area contributed by atoms with E-state index in [2.05, 4.69) is 5.10 Å². The second-order valence-electron chi connectivity index (χ2n) is 3.68. The molecule has 0 aliphatic carbocycles. The Hall–Kier alpha value is -1.62. The van der Waals surface area contributed by atoms with E-state index in [0.717, 1.165) is 0 Å². The Balaban J connectivity index is 2.45. The van der Waals surface area contributed by atoms with Gasteiger partial charge in [-0.15, -0.1) is 5.10 Å². The molecule has 1 N–H and O–H groups in total. The molecule has 2 aromatic heterocycles. The lowest BCUT2D eigenvalue weighted by Gasteiger charge is -2.04. The summed E-state index contributed by atoms with van der Waals surface area (Å²) in [4.78, 5) is 11.8. The zero-order valence-electron chi connectivity index (χ0n) is 8.50. The molecule has 0 aliphatic rings. The van der Waals surface area contributed by atoms with E-state index in [1.165, 1.54) is 9.08 Å². The van der Waals surface area contributed by atoms with Crippen LogP contribution in [0.2, 0.25) is 0 Å². The zero-order chi connectivity index (χ0) is 10.8. The van der Waals surface area contributed by atoms with Crippen molar-refractivity contribution < 1.29 is 5.11 Å². The Morgan fingerprint density at radius 1 is 1.53 bits per heavy atom. The highest BCUT2D eigenvalue weighted by molar-refractivity contribution is 5.35. The minimum Gasteiger partial charge on any atom is -0.396 e. The molecule has 1 atom stereocenters. The first kappa shape index (κ1) is 9.92. The van der Waals surface area contributed by atoms with Crippen LogP contribution in [0.1, 0.15) is 6.92 Å². The molecule has 5 nitrogen and oxygen atoms in total. The van der Waals surface area contributed by atoms with Crippen molar-refractivity contribution in [3.63, 3.8) is 0 Å².